The van der Waals surface area contributed by atoms with E-state index >= 15 is 0 Å². The molecule has 0 saturated heterocycles. The predicted octanol–water partition coefficient (Wildman–Crippen LogP) is 2.62. The molecule has 0 fully saturated rings. The van der Waals surface area contributed by atoms with Crippen molar-refractivity contribution in [3.05, 3.63) is 24.3 Å². The lowest BCUT2D eigenvalue weighted by Crippen LogP contribution is -2.38. The number of carbonyl (C=O) groups excluding carboxylic acids is 1. The highest BCUT2D eigenvalue weighted by Crippen LogP contribution is 2.26. The number of amides is 1. The Kier molecular flexibility index (Phi) is 6.19. The van der Waals surface area contributed by atoms with Crippen molar-refractivity contribution in [1.82, 2.24) is 5.32 Å². The molecule has 0 spiro atoms. The Morgan fingerprint density at radius 3 is 2.26 bits per heavy atom. The van der Waals surface area contributed by atoms with Crippen LogP contribution in [0.3, 0.4) is 0 Å². The lowest BCUT2D eigenvalue weighted by atomic mass is 10.1. The second-order valence-corrected chi connectivity index (χ2v) is 4.77. The summed E-state index contributed by atoms with van der Waals surface area (Å²) in [6.07, 6.45) is 0. The van der Waals surface area contributed by atoms with Crippen LogP contribution < -0.4 is 14.8 Å². The smallest absolute Gasteiger partial charge is 0.258 e. The number of ether oxygens (including phenoxy) is 2. The SMILES string of the molecule is CCOc1ccccc1OCC(=O)NC(C)C(C)C. The first-order valence-corrected chi connectivity index (χ1v) is 6.68. The van der Waals surface area contributed by atoms with E-state index in [0.717, 1.165) is 0 Å². The van der Waals surface area contributed by atoms with Gasteiger partial charge >= 0.3 is 0 Å². The minimum atomic E-state index is -0.118. The van der Waals surface area contributed by atoms with Crippen LogP contribution in [0, 0.1) is 5.92 Å². The Morgan fingerprint density at radius 1 is 1.16 bits per heavy atom. The van der Waals surface area contributed by atoms with E-state index < -0.39 is 0 Å². The van der Waals surface area contributed by atoms with Crippen LogP contribution in [-0.2, 0) is 4.79 Å². The molecule has 0 aliphatic rings. The molecular formula is C15H23NO3. The first kappa shape index (κ1) is 15.3. The van der Waals surface area contributed by atoms with Crippen LogP contribution in [0.4, 0.5) is 0 Å². The van der Waals surface area contributed by atoms with E-state index in [2.05, 4.69) is 19.2 Å². The normalized spacial score (nSPS) is 12.1. The average Bonchev–Trinajstić information content (AvgIpc) is 2.38. The molecular weight excluding hydrogens is 242 g/mol. The molecule has 106 valence electrons. The topological polar surface area (TPSA) is 47.6 Å². The fourth-order valence-corrected chi connectivity index (χ4v) is 1.45. The molecule has 4 nitrogen and oxygen atoms in total. The van der Waals surface area contributed by atoms with Gasteiger partial charge in [-0.05, 0) is 31.9 Å². The summed E-state index contributed by atoms with van der Waals surface area (Å²) in [5.41, 5.74) is 0. The van der Waals surface area contributed by atoms with Gasteiger partial charge in [0.2, 0.25) is 0 Å². The minimum Gasteiger partial charge on any atom is -0.490 e. The summed E-state index contributed by atoms with van der Waals surface area (Å²) in [6, 6.07) is 7.49. The van der Waals surface area contributed by atoms with Crippen molar-refractivity contribution < 1.29 is 14.3 Å². The predicted molar refractivity (Wildman–Crippen MR) is 75.5 cm³/mol. The Labute approximate surface area is 115 Å². The van der Waals surface area contributed by atoms with Crippen molar-refractivity contribution in [1.29, 1.82) is 0 Å². The lowest BCUT2D eigenvalue weighted by Gasteiger charge is -2.18. The van der Waals surface area contributed by atoms with Crippen molar-refractivity contribution in [3.8, 4) is 11.5 Å². The number of rotatable bonds is 7. The molecule has 0 aromatic heterocycles. The molecule has 1 aromatic carbocycles. The molecule has 0 aliphatic carbocycles. The van der Waals surface area contributed by atoms with Gasteiger partial charge in [0.1, 0.15) is 0 Å². The van der Waals surface area contributed by atoms with Crippen LogP contribution in [0.25, 0.3) is 0 Å². The van der Waals surface area contributed by atoms with E-state index in [1.165, 1.54) is 0 Å². The van der Waals surface area contributed by atoms with E-state index in [1.54, 1.807) is 6.07 Å². The van der Waals surface area contributed by atoms with Crippen LogP contribution in [0.15, 0.2) is 24.3 Å². The van der Waals surface area contributed by atoms with Gasteiger partial charge in [0, 0.05) is 6.04 Å². The Hall–Kier alpha value is -1.71. The fraction of sp³-hybridized carbons (Fsp3) is 0.533. The lowest BCUT2D eigenvalue weighted by molar-refractivity contribution is -0.124. The highest BCUT2D eigenvalue weighted by atomic mass is 16.5. The molecule has 1 unspecified atom stereocenters. The molecule has 19 heavy (non-hydrogen) atoms. The summed E-state index contributed by atoms with van der Waals surface area (Å²) in [7, 11) is 0. The third-order valence-corrected chi connectivity index (χ3v) is 2.90. The van der Waals surface area contributed by atoms with Crippen molar-refractivity contribution in [2.24, 2.45) is 5.92 Å². The van der Waals surface area contributed by atoms with E-state index in [0.29, 0.717) is 24.0 Å². The maximum atomic E-state index is 11.7. The highest BCUT2D eigenvalue weighted by molar-refractivity contribution is 5.77. The first-order valence-electron chi connectivity index (χ1n) is 6.68. The molecule has 0 bridgehead atoms. The Morgan fingerprint density at radius 2 is 1.74 bits per heavy atom. The van der Waals surface area contributed by atoms with Gasteiger partial charge in [-0.25, -0.2) is 0 Å². The zero-order valence-corrected chi connectivity index (χ0v) is 12.1. The summed E-state index contributed by atoms with van der Waals surface area (Å²) in [4.78, 5) is 11.7. The van der Waals surface area contributed by atoms with Gasteiger partial charge in [-0.1, -0.05) is 26.0 Å². The largest absolute Gasteiger partial charge is 0.490 e. The number of carbonyl (C=O) groups is 1. The first-order chi connectivity index (χ1) is 9.04. The molecule has 1 amide bonds. The number of hydrogen-bond acceptors (Lipinski definition) is 3. The summed E-state index contributed by atoms with van der Waals surface area (Å²) in [5.74, 6) is 1.54. The van der Waals surface area contributed by atoms with Gasteiger partial charge in [-0.2, -0.15) is 0 Å². The van der Waals surface area contributed by atoms with Crippen molar-refractivity contribution in [2.75, 3.05) is 13.2 Å². The monoisotopic (exact) mass is 265 g/mol. The summed E-state index contributed by atoms with van der Waals surface area (Å²) in [6.45, 7) is 8.59. The molecule has 0 saturated carbocycles. The van der Waals surface area contributed by atoms with Gasteiger partial charge < -0.3 is 14.8 Å². The molecule has 1 N–H and O–H groups in total. The van der Waals surface area contributed by atoms with Crippen LogP contribution in [-0.4, -0.2) is 25.2 Å². The maximum absolute atomic E-state index is 11.7. The van der Waals surface area contributed by atoms with E-state index in [9.17, 15) is 4.79 Å². The molecule has 0 aliphatic heterocycles. The van der Waals surface area contributed by atoms with Crippen LogP contribution in [0.1, 0.15) is 27.7 Å². The zero-order chi connectivity index (χ0) is 14.3. The Bertz CT molecular complexity index is 404. The molecule has 1 aromatic rings. The van der Waals surface area contributed by atoms with Gasteiger partial charge in [-0.3, -0.25) is 4.79 Å². The minimum absolute atomic E-state index is 0.00114. The van der Waals surface area contributed by atoms with Crippen molar-refractivity contribution in [2.45, 2.75) is 33.7 Å². The van der Waals surface area contributed by atoms with Crippen LogP contribution >= 0.6 is 0 Å². The van der Waals surface area contributed by atoms with Gasteiger partial charge in [0.05, 0.1) is 6.61 Å². The number of nitrogens with one attached hydrogen (secondary N) is 1. The number of hydrogen-bond donors (Lipinski definition) is 1. The van der Waals surface area contributed by atoms with Gasteiger partial charge in [0.15, 0.2) is 18.1 Å². The number of para-hydroxylation sites is 2. The standard InChI is InChI=1S/C15H23NO3/c1-5-18-13-8-6-7-9-14(13)19-10-15(17)16-12(4)11(2)3/h6-9,11-12H,5,10H2,1-4H3,(H,16,17). The molecule has 0 heterocycles. The highest BCUT2D eigenvalue weighted by Gasteiger charge is 2.12. The van der Waals surface area contributed by atoms with E-state index in [-0.39, 0.29) is 18.6 Å². The van der Waals surface area contributed by atoms with E-state index in [4.69, 9.17) is 9.47 Å². The second-order valence-electron chi connectivity index (χ2n) is 4.77. The summed E-state index contributed by atoms with van der Waals surface area (Å²) < 4.78 is 10.9. The second kappa shape index (κ2) is 7.67. The quantitative estimate of drug-likeness (QED) is 0.824. The van der Waals surface area contributed by atoms with Crippen molar-refractivity contribution >= 4 is 5.91 Å². The molecule has 4 heteroatoms. The molecule has 1 atom stereocenters. The number of benzene rings is 1. The molecule has 0 radical (unpaired) electrons. The summed E-state index contributed by atoms with van der Waals surface area (Å²) >= 11 is 0. The third kappa shape index (κ3) is 5.20. The van der Waals surface area contributed by atoms with Gasteiger partial charge in [0.25, 0.3) is 5.91 Å². The fourth-order valence-electron chi connectivity index (χ4n) is 1.45. The van der Waals surface area contributed by atoms with E-state index in [1.807, 2.05) is 32.0 Å². The van der Waals surface area contributed by atoms with Gasteiger partial charge in [-0.15, -0.1) is 0 Å². The zero-order valence-electron chi connectivity index (χ0n) is 12.1. The van der Waals surface area contributed by atoms with Crippen molar-refractivity contribution in [3.63, 3.8) is 0 Å². The third-order valence-electron chi connectivity index (χ3n) is 2.90. The Balaban J connectivity index is 2.50. The maximum Gasteiger partial charge on any atom is 0.258 e. The summed E-state index contributed by atoms with van der Waals surface area (Å²) in [5, 5.41) is 2.90. The molecule has 1 rings (SSSR count). The average molecular weight is 265 g/mol. The van der Waals surface area contributed by atoms with Crippen LogP contribution in [0.2, 0.25) is 0 Å². The van der Waals surface area contributed by atoms with Crippen LogP contribution in [0.5, 0.6) is 11.5 Å².